The van der Waals surface area contributed by atoms with Gasteiger partial charge in [0.05, 0.1) is 4.90 Å². The zero-order valence-electron chi connectivity index (χ0n) is 10.4. The minimum atomic E-state index is -3.08. The quantitative estimate of drug-likeness (QED) is 0.637. The van der Waals surface area contributed by atoms with Crippen LogP contribution < -0.4 is 5.32 Å². The van der Waals surface area contributed by atoms with Crippen molar-refractivity contribution in [3.8, 4) is 0 Å². The van der Waals surface area contributed by atoms with Crippen LogP contribution in [0.3, 0.4) is 0 Å². The maximum Gasteiger partial charge on any atom is 0.175 e. The molecule has 0 fully saturated rings. The SMILES string of the molecule is CC(C)NCCSc1ccc(S(C)(=O)=O)cc1. The van der Waals surface area contributed by atoms with E-state index in [-0.39, 0.29) is 0 Å². The standard InChI is InChI=1S/C12H19NO2S2/c1-10(2)13-8-9-16-11-4-6-12(7-5-11)17(3,14)15/h4-7,10,13H,8-9H2,1-3H3. The van der Waals surface area contributed by atoms with Crippen molar-refractivity contribution in [3.05, 3.63) is 24.3 Å². The summed E-state index contributed by atoms with van der Waals surface area (Å²) in [6.07, 6.45) is 1.22. The van der Waals surface area contributed by atoms with Crippen molar-refractivity contribution in [1.29, 1.82) is 0 Å². The van der Waals surface area contributed by atoms with Crippen LogP contribution in [0.2, 0.25) is 0 Å². The van der Waals surface area contributed by atoms with Gasteiger partial charge < -0.3 is 5.32 Å². The molecule has 0 aliphatic carbocycles. The number of nitrogens with one attached hydrogen (secondary N) is 1. The second-order valence-electron chi connectivity index (χ2n) is 4.20. The van der Waals surface area contributed by atoms with Gasteiger partial charge in [0, 0.05) is 29.5 Å². The maximum absolute atomic E-state index is 11.3. The van der Waals surface area contributed by atoms with Gasteiger partial charge in [-0.2, -0.15) is 0 Å². The van der Waals surface area contributed by atoms with Crippen molar-refractivity contribution in [3.63, 3.8) is 0 Å². The Bertz CT molecular complexity index is 438. The van der Waals surface area contributed by atoms with E-state index in [0.717, 1.165) is 17.2 Å². The average Bonchev–Trinajstić information content (AvgIpc) is 2.23. The zero-order chi connectivity index (χ0) is 12.9. The maximum atomic E-state index is 11.3. The molecule has 0 spiro atoms. The highest BCUT2D eigenvalue weighted by molar-refractivity contribution is 7.99. The highest BCUT2D eigenvalue weighted by Gasteiger charge is 2.05. The fourth-order valence-electron chi connectivity index (χ4n) is 1.30. The van der Waals surface area contributed by atoms with Crippen LogP contribution in [0.1, 0.15) is 13.8 Å². The molecule has 0 aliphatic rings. The third-order valence-electron chi connectivity index (χ3n) is 2.18. The normalized spacial score (nSPS) is 12.0. The summed E-state index contributed by atoms with van der Waals surface area (Å²) in [6, 6.07) is 7.54. The molecule has 1 N–H and O–H groups in total. The van der Waals surface area contributed by atoms with E-state index in [0.29, 0.717) is 10.9 Å². The highest BCUT2D eigenvalue weighted by Crippen LogP contribution is 2.19. The molecule has 0 heterocycles. The van der Waals surface area contributed by atoms with Gasteiger partial charge in [-0.15, -0.1) is 11.8 Å². The Hall–Kier alpha value is -0.520. The van der Waals surface area contributed by atoms with E-state index in [4.69, 9.17) is 0 Å². The number of hydrogen-bond donors (Lipinski definition) is 1. The number of thioether (sulfide) groups is 1. The number of sulfone groups is 1. The van der Waals surface area contributed by atoms with E-state index in [2.05, 4.69) is 19.2 Å². The summed E-state index contributed by atoms with van der Waals surface area (Å²) < 4.78 is 22.5. The molecule has 5 heteroatoms. The Morgan fingerprint density at radius 3 is 2.29 bits per heavy atom. The molecule has 3 nitrogen and oxygen atoms in total. The lowest BCUT2D eigenvalue weighted by Crippen LogP contribution is -2.24. The van der Waals surface area contributed by atoms with Crippen molar-refractivity contribution in [2.24, 2.45) is 0 Å². The minimum Gasteiger partial charge on any atom is -0.314 e. The summed E-state index contributed by atoms with van der Waals surface area (Å²) in [4.78, 5) is 1.48. The summed E-state index contributed by atoms with van der Waals surface area (Å²) >= 11 is 1.72. The highest BCUT2D eigenvalue weighted by atomic mass is 32.2. The summed E-state index contributed by atoms with van der Waals surface area (Å²) in [5.74, 6) is 0.983. The molecule has 0 amide bonds. The van der Waals surface area contributed by atoms with Crippen molar-refractivity contribution in [1.82, 2.24) is 5.32 Å². The molecule has 0 atom stereocenters. The molecule has 0 aliphatic heterocycles. The molecule has 0 unspecified atom stereocenters. The summed E-state index contributed by atoms with van der Waals surface area (Å²) in [5, 5.41) is 3.33. The predicted octanol–water partition coefficient (Wildman–Crippen LogP) is 2.18. The summed E-state index contributed by atoms with van der Waals surface area (Å²) in [6.45, 7) is 5.19. The molecule has 0 radical (unpaired) electrons. The minimum absolute atomic E-state index is 0.377. The van der Waals surface area contributed by atoms with Gasteiger partial charge in [0.25, 0.3) is 0 Å². The van der Waals surface area contributed by atoms with Crippen LogP contribution in [0.25, 0.3) is 0 Å². The lowest BCUT2D eigenvalue weighted by molar-refractivity contribution is 0.602. The molecule has 0 aromatic heterocycles. The van der Waals surface area contributed by atoms with Crippen molar-refractivity contribution in [2.75, 3.05) is 18.6 Å². The van der Waals surface area contributed by atoms with Crippen LogP contribution in [0.5, 0.6) is 0 Å². The Labute approximate surface area is 108 Å². The van der Waals surface area contributed by atoms with Crippen molar-refractivity contribution < 1.29 is 8.42 Å². The Morgan fingerprint density at radius 1 is 1.24 bits per heavy atom. The molecule has 96 valence electrons. The van der Waals surface area contributed by atoms with Crippen molar-refractivity contribution in [2.45, 2.75) is 29.7 Å². The van der Waals surface area contributed by atoms with Gasteiger partial charge in [0.15, 0.2) is 9.84 Å². The monoisotopic (exact) mass is 273 g/mol. The zero-order valence-corrected chi connectivity index (χ0v) is 12.1. The van der Waals surface area contributed by atoms with Gasteiger partial charge in [-0.25, -0.2) is 8.42 Å². The largest absolute Gasteiger partial charge is 0.314 e. The Balaban J connectivity index is 2.46. The van der Waals surface area contributed by atoms with Crippen LogP contribution in [-0.4, -0.2) is 33.0 Å². The average molecular weight is 273 g/mol. The number of rotatable bonds is 6. The molecular weight excluding hydrogens is 254 g/mol. The summed E-state index contributed by atoms with van der Waals surface area (Å²) in [5.41, 5.74) is 0. The molecule has 0 saturated carbocycles. The molecule has 1 aromatic rings. The van der Waals surface area contributed by atoms with E-state index >= 15 is 0 Å². The van der Waals surface area contributed by atoms with Crippen molar-refractivity contribution >= 4 is 21.6 Å². The number of benzene rings is 1. The van der Waals surface area contributed by atoms with Gasteiger partial charge in [0.2, 0.25) is 0 Å². The van der Waals surface area contributed by atoms with Gasteiger partial charge in [0.1, 0.15) is 0 Å². The second-order valence-corrected chi connectivity index (χ2v) is 7.38. The first-order valence-electron chi connectivity index (χ1n) is 5.56. The van der Waals surface area contributed by atoms with E-state index in [1.807, 2.05) is 12.1 Å². The first-order chi connectivity index (χ1) is 7.89. The third-order valence-corrected chi connectivity index (χ3v) is 4.32. The lowest BCUT2D eigenvalue weighted by Gasteiger charge is -2.07. The van der Waals surface area contributed by atoms with E-state index < -0.39 is 9.84 Å². The van der Waals surface area contributed by atoms with Crippen LogP contribution in [-0.2, 0) is 9.84 Å². The smallest absolute Gasteiger partial charge is 0.175 e. The van der Waals surface area contributed by atoms with Crippen LogP contribution in [0, 0.1) is 0 Å². The van der Waals surface area contributed by atoms with Gasteiger partial charge in [-0.3, -0.25) is 0 Å². The molecule has 1 rings (SSSR count). The van der Waals surface area contributed by atoms with Crippen LogP contribution in [0.15, 0.2) is 34.1 Å². The number of hydrogen-bond acceptors (Lipinski definition) is 4. The van der Waals surface area contributed by atoms with Crippen LogP contribution >= 0.6 is 11.8 Å². The lowest BCUT2D eigenvalue weighted by atomic mass is 10.4. The molecule has 17 heavy (non-hydrogen) atoms. The van der Waals surface area contributed by atoms with Gasteiger partial charge in [-0.1, -0.05) is 13.8 Å². The van der Waals surface area contributed by atoms with Gasteiger partial charge in [-0.05, 0) is 24.3 Å². The van der Waals surface area contributed by atoms with Crippen LogP contribution in [0.4, 0.5) is 0 Å². The second kappa shape index (κ2) is 6.42. The molecule has 0 bridgehead atoms. The van der Waals surface area contributed by atoms with Gasteiger partial charge >= 0.3 is 0 Å². The topological polar surface area (TPSA) is 46.2 Å². The predicted molar refractivity (Wildman–Crippen MR) is 73.4 cm³/mol. The van der Waals surface area contributed by atoms with E-state index in [1.54, 1.807) is 23.9 Å². The molecular formula is C12H19NO2S2. The fourth-order valence-corrected chi connectivity index (χ4v) is 2.71. The molecule has 1 aromatic carbocycles. The third kappa shape index (κ3) is 5.57. The first kappa shape index (κ1) is 14.5. The first-order valence-corrected chi connectivity index (χ1v) is 8.43. The fraction of sp³-hybridized carbons (Fsp3) is 0.500. The molecule has 0 saturated heterocycles. The van der Waals surface area contributed by atoms with E-state index in [9.17, 15) is 8.42 Å². The Kier molecular flexibility index (Phi) is 5.49. The van der Waals surface area contributed by atoms with E-state index in [1.165, 1.54) is 6.26 Å². The Morgan fingerprint density at radius 2 is 1.82 bits per heavy atom. The summed E-state index contributed by atoms with van der Waals surface area (Å²) in [7, 11) is -3.08.